The first-order chi connectivity index (χ1) is 9.33. The van der Waals surface area contributed by atoms with Crippen LogP contribution in [0.3, 0.4) is 0 Å². The minimum absolute atomic E-state index is 0.0356. The zero-order valence-corrected chi connectivity index (χ0v) is 12.6. The van der Waals surface area contributed by atoms with E-state index in [0.29, 0.717) is 11.3 Å². The summed E-state index contributed by atoms with van der Waals surface area (Å²) in [5.74, 6) is 0. The van der Waals surface area contributed by atoms with Crippen molar-refractivity contribution >= 4 is 44.6 Å². The lowest BCUT2D eigenvalue weighted by Gasteiger charge is -2.12. The molecule has 9 heteroatoms. The SMILES string of the molecule is Cc1c(N)cccc1S(=O)(=O)Nc1c(Cl)ncnc1Cl. The molecule has 0 radical (unpaired) electrons. The summed E-state index contributed by atoms with van der Waals surface area (Å²) in [6.07, 6.45) is 1.13. The highest BCUT2D eigenvalue weighted by Gasteiger charge is 2.21. The van der Waals surface area contributed by atoms with Gasteiger partial charge in [0.2, 0.25) is 0 Å². The van der Waals surface area contributed by atoms with Gasteiger partial charge in [-0.3, -0.25) is 4.72 Å². The number of halogens is 2. The zero-order valence-electron chi connectivity index (χ0n) is 10.3. The van der Waals surface area contributed by atoms with Crippen molar-refractivity contribution in [2.24, 2.45) is 0 Å². The molecule has 0 bridgehead atoms. The summed E-state index contributed by atoms with van der Waals surface area (Å²) in [5, 5.41) is -0.176. The van der Waals surface area contributed by atoms with Crippen molar-refractivity contribution in [3.05, 3.63) is 40.4 Å². The van der Waals surface area contributed by atoms with Gasteiger partial charge in [-0.2, -0.15) is 0 Å². The molecule has 6 nitrogen and oxygen atoms in total. The Bertz CT molecular complexity index is 745. The largest absolute Gasteiger partial charge is 0.398 e. The summed E-state index contributed by atoms with van der Waals surface area (Å²) in [4.78, 5) is 7.39. The molecule has 0 saturated carbocycles. The Morgan fingerprint density at radius 3 is 2.40 bits per heavy atom. The number of hydrogen-bond acceptors (Lipinski definition) is 5. The number of nitrogens with one attached hydrogen (secondary N) is 1. The van der Waals surface area contributed by atoms with Gasteiger partial charge in [0.25, 0.3) is 10.0 Å². The Morgan fingerprint density at radius 1 is 1.20 bits per heavy atom. The van der Waals surface area contributed by atoms with Crippen molar-refractivity contribution in [2.75, 3.05) is 10.5 Å². The van der Waals surface area contributed by atoms with E-state index in [-0.39, 0.29) is 20.9 Å². The molecule has 0 unspecified atom stereocenters. The van der Waals surface area contributed by atoms with Gasteiger partial charge < -0.3 is 5.73 Å². The topological polar surface area (TPSA) is 98.0 Å². The van der Waals surface area contributed by atoms with Crippen molar-refractivity contribution in [1.82, 2.24) is 9.97 Å². The number of nitrogen functional groups attached to an aromatic ring is 1. The molecular weight excluding hydrogens is 323 g/mol. The fraction of sp³-hybridized carbons (Fsp3) is 0.0909. The number of hydrogen-bond donors (Lipinski definition) is 2. The van der Waals surface area contributed by atoms with Crippen molar-refractivity contribution < 1.29 is 8.42 Å². The molecule has 0 amide bonds. The first-order valence-corrected chi connectivity index (χ1v) is 7.60. The van der Waals surface area contributed by atoms with Crippen molar-refractivity contribution in [1.29, 1.82) is 0 Å². The van der Waals surface area contributed by atoms with Crippen molar-refractivity contribution in [3.8, 4) is 0 Å². The molecule has 0 spiro atoms. The van der Waals surface area contributed by atoms with Crippen molar-refractivity contribution in [3.63, 3.8) is 0 Å². The average Bonchev–Trinajstić information content (AvgIpc) is 2.37. The highest BCUT2D eigenvalue weighted by Crippen LogP contribution is 2.29. The Morgan fingerprint density at radius 2 is 1.80 bits per heavy atom. The third-order valence-electron chi connectivity index (χ3n) is 2.61. The van der Waals surface area contributed by atoms with E-state index in [4.69, 9.17) is 28.9 Å². The van der Waals surface area contributed by atoms with Gasteiger partial charge in [-0.1, -0.05) is 29.3 Å². The summed E-state index contributed by atoms with van der Waals surface area (Å²) in [7, 11) is -3.89. The smallest absolute Gasteiger partial charge is 0.262 e. The lowest BCUT2D eigenvalue weighted by Crippen LogP contribution is -2.16. The molecular formula is C11H10Cl2N4O2S. The Hall–Kier alpha value is -1.57. The van der Waals surface area contributed by atoms with Crippen molar-refractivity contribution in [2.45, 2.75) is 11.8 Å². The molecule has 1 aromatic heterocycles. The third-order valence-corrected chi connectivity index (χ3v) is 4.67. The Labute approximate surface area is 126 Å². The lowest BCUT2D eigenvalue weighted by atomic mass is 10.2. The van der Waals surface area contributed by atoms with Crippen LogP contribution in [0.1, 0.15) is 5.56 Å². The first kappa shape index (κ1) is 14.8. The summed E-state index contributed by atoms with van der Waals surface area (Å²) < 4.78 is 26.9. The van der Waals surface area contributed by atoms with Gasteiger partial charge in [0, 0.05) is 5.69 Å². The molecule has 106 valence electrons. The molecule has 0 atom stereocenters. The minimum Gasteiger partial charge on any atom is -0.398 e. The normalized spacial score (nSPS) is 11.3. The quantitative estimate of drug-likeness (QED) is 0.664. The molecule has 20 heavy (non-hydrogen) atoms. The number of nitrogens with zero attached hydrogens (tertiary/aromatic N) is 2. The van der Waals surface area contributed by atoms with Crippen LogP contribution in [0.15, 0.2) is 29.4 Å². The maximum Gasteiger partial charge on any atom is 0.262 e. The van der Waals surface area contributed by atoms with E-state index in [1.165, 1.54) is 6.07 Å². The van der Waals surface area contributed by atoms with Crippen LogP contribution in [0, 0.1) is 6.92 Å². The standard InChI is InChI=1S/C11H10Cl2N4O2S/c1-6-7(14)3-2-4-8(6)20(18,19)17-9-10(12)15-5-16-11(9)13/h2-5,17H,14H2,1H3. The first-order valence-electron chi connectivity index (χ1n) is 5.37. The van der Waals surface area contributed by atoms with Crippen LogP contribution in [0.4, 0.5) is 11.4 Å². The van der Waals surface area contributed by atoms with Gasteiger partial charge in [-0.25, -0.2) is 18.4 Å². The van der Waals surface area contributed by atoms with Crippen LogP contribution in [0.2, 0.25) is 10.3 Å². The van der Waals surface area contributed by atoms with E-state index >= 15 is 0 Å². The van der Waals surface area contributed by atoms with Crippen LogP contribution in [0.5, 0.6) is 0 Å². The maximum atomic E-state index is 12.3. The van der Waals surface area contributed by atoms with Crippen LogP contribution >= 0.6 is 23.2 Å². The van der Waals surface area contributed by atoms with E-state index in [1.54, 1.807) is 19.1 Å². The lowest BCUT2D eigenvalue weighted by molar-refractivity contribution is 0.600. The molecule has 0 aliphatic carbocycles. The van der Waals surface area contributed by atoms with E-state index in [9.17, 15) is 8.42 Å². The number of aromatic nitrogens is 2. The molecule has 3 N–H and O–H groups in total. The van der Waals surface area contributed by atoms with Gasteiger partial charge in [-0.15, -0.1) is 0 Å². The molecule has 0 aliphatic rings. The third kappa shape index (κ3) is 2.79. The number of nitrogens with two attached hydrogens (primary N) is 1. The fourth-order valence-electron chi connectivity index (χ4n) is 1.54. The number of sulfonamides is 1. The summed E-state index contributed by atoms with van der Waals surface area (Å²) >= 11 is 11.6. The predicted molar refractivity (Wildman–Crippen MR) is 78.5 cm³/mol. The second kappa shape index (κ2) is 5.43. The predicted octanol–water partition coefficient (Wildman–Crippen LogP) is 2.47. The van der Waals surface area contributed by atoms with Gasteiger partial charge in [-0.05, 0) is 24.6 Å². The maximum absolute atomic E-state index is 12.3. The van der Waals surface area contributed by atoms with E-state index in [2.05, 4.69) is 14.7 Å². The highest BCUT2D eigenvalue weighted by molar-refractivity contribution is 7.92. The van der Waals surface area contributed by atoms with E-state index in [1.807, 2.05) is 0 Å². The number of anilines is 2. The van der Waals surface area contributed by atoms with Gasteiger partial charge in [0.1, 0.15) is 12.0 Å². The van der Waals surface area contributed by atoms with E-state index < -0.39 is 10.0 Å². The molecule has 1 heterocycles. The van der Waals surface area contributed by atoms with Crippen LogP contribution in [-0.2, 0) is 10.0 Å². The number of benzene rings is 1. The molecule has 2 aromatic rings. The van der Waals surface area contributed by atoms with Gasteiger partial charge in [0.15, 0.2) is 10.3 Å². The molecule has 1 aromatic carbocycles. The van der Waals surface area contributed by atoms with E-state index in [0.717, 1.165) is 6.33 Å². The zero-order chi connectivity index (χ0) is 14.9. The summed E-state index contributed by atoms with van der Waals surface area (Å²) in [6.45, 7) is 1.61. The average molecular weight is 333 g/mol. The van der Waals surface area contributed by atoms with Gasteiger partial charge in [0.05, 0.1) is 4.90 Å². The molecule has 2 rings (SSSR count). The van der Waals surface area contributed by atoms with Crippen LogP contribution in [0.25, 0.3) is 0 Å². The molecule has 0 saturated heterocycles. The number of rotatable bonds is 3. The fourth-order valence-corrected chi connectivity index (χ4v) is 3.41. The highest BCUT2D eigenvalue weighted by atomic mass is 35.5. The molecule has 0 aliphatic heterocycles. The second-order valence-electron chi connectivity index (χ2n) is 3.91. The minimum atomic E-state index is -3.89. The summed E-state index contributed by atoms with van der Waals surface area (Å²) in [6, 6.07) is 4.58. The Kier molecular flexibility index (Phi) is 4.03. The molecule has 0 fully saturated rings. The second-order valence-corrected chi connectivity index (χ2v) is 6.27. The van der Waals surface area contributed by atoms with Gasteiger partial charge >= 0.3 is 0 Å². The summed E-state index contributed by atoms with van der Waals surface area (Å²) in [5.41, 5.74) is 6.43. The monoisotopic (exact) mass is 332 g/mol. The Balaban J connectivity index is 2.50. The van der Waals surface area contributed by atoms with Crippen LogP contribution in [-0.4, -0.2) is 18.4 Å². The van der Waals surface area contributed by atoms with Crippen LogP contribution < -0.4 is 10.5 Å².